The second-order valence-corrected chi connectivity index (χ2v) is 11.9. The van der Waals surface area contributed by atoms with Crippen LogP contribution >= 0.6 is 15.9 Å². The molecular weight excluding hydrogens is 483 g/mol. The molecule has 3 rings (SSSR count). The highest BCUT2D eigenvalue weighted by Gasteiger charge is 2.39. The van der Waals surface area contributed by atoms with Crippen molar-refractivity contribution in [1.82, 2.24) is 9.80 Å². The smallest absolute Gasteiger partial charge is 0.306 e. The van der Waals surface area contributed by atoms with Gasteiger partial charge in [0.15, 0.2) is 0 Å². The average molecular weight is 524 g/mol. The topological polar surface area (TPSA) is 32.8 Å². The number of rotatable bonds is 6. The number of nitrogens with zero attached hydrogens (tertiary/aromatic N) is 2. The summed E-state index contributed by atoms with van der Waals surface area (Å²) in [6.45, 7) is 11.4. The lowest BCUT2D eigenvalue weighted by molar-refractivity contribution is -0.156. The van der Waals surface area contributed by atoms with Gasteiger partial charge in [-0.2, -0.15) is 0 Å². The minimum absolute atomic E-state index is 0.0713. The van der Waals surface area contributed by atoms with Crippen LogP contribution in [0.1, 0.15) is 66.2 Å². The standard InChI is InChI=1S/C27H40BrFN2O2/c1-26(2,3)33-25(32)19-21-11-15-30(16-12-21)20-27(4,29)22-13-17-31(18-14-22)24-8-6-5-7-23(28)9-10-24/h6-7,9-10,21-22H,5,11-20H2,1-4H3/b10-9-,23-7+. The van der Waals surface area contributed by atoms with Gasteiger partial charge in [-0.1, -0.05) is 27.7 Å². The number of halogens is 2. The fraction of sp³-hybridized carbons (Fsp3) is 0.704. The van der Waals surface area contributed by atoms with E-state index in [0.717, 1.165) is 68.5 Å². The van der Waals surface area contributed by atoms with Crippen LogP contribution in [0.3, 0.4) is 0 Å². The molecule has 3 aliphatic rings. The highest BCUT2D eigenvalue weighted by Crippen LogP contribution is 2.35. The molecular formula is C27H40BrFN2O2. The SMILES string of the molecule is CC(C)(C)OC(=O)CC1CCN(CC(C)(F)C2CCN(C3=C=CC/C=C(Br)\C=C/3)CC2)CC1. The van der Waals surface area contributed by atoms with Crippen molar-refractivity contribution in [3.8, 4) is 0 Å². The van der Waals surface area contributed by atoms with Gasteiger partial charge in [-0.25, -0.2) is 4.39 Å². The number of alkyl halides is 1. The van der Waals surface area contributed by atoms with E-state index in [-0.39, 0.29) is 11.9 Å². The Labute approximate surface area is 207 Å². The molecule has 2 aliphatic heterocycles. The molecule has 1 aliphatic carbocycles. The van der Waals surface area contributed by atoms with Crippen LogP contribution in [0.4, 0.5) is 4.39 Å². The Morgan fingerprint density at radius 1 is 1.12 bits per heavy atom. The van der Waals surface area contributed by atoms with Gasteiger partial charge in [0.2, 0.25) is 0 Å². The van der Waals surface area contributed by atoms with Crippen molar-refractivity contribution in [3.05, 3.63) is 40.2 Å². The summed E-state index contributed by atoms with van der Waals surface area (Å²) in [5, 5.41) is 0. The number of carbonyl (C=O) groups excluding carboxylic acids is 1. The number of piperidine rings is 2. The fourth-order valence-electron chi connectivity index (χ4n) is 5.06. The summed E-state index contributed by atoms with van der Waals surface area (Å²) in [6, 6.07) is 0. The second kappa shape index (κ2) is 11.4. The lowest BCUT2D eigenvalue weighted by Gasteiger charge is -2.42. The molecule has 33 heavy (non-hydrogen) atoms. The van der Waals surface area contributed by atoms with E-state index >= 15 is 4.39 Å². The predicted molar refractivity (Wildman–Crippen MR) is 136 cm³/mol. The molecule has 0 N–H and O–H groups in total. The Hall–Kier alpha value is -1.36. The molecule has 184 valence electrons. The van der Waals surface area contributed by atoms with E-state index in [1.807, 2.05) is 20.8 Å². The van der Waals surface area contributed by atoms with E-state index in [9.17, 15) is 4.79 Å². The zero-order valence-electron chi connectivity index (χ0n) is 20.7. The summed E-state index contributed by atoms with van der Waals surface area (Å²) in [5.41, 5.74) is 2.85. The van der Waals surface area contributed by atoms with E-state index in [4.69, 9.17) is 4.74 Å². The molecule has 1 unspecified atom stereocenters. The lowest BCUT2D eigenvalue weighted by Crippen LogP contribution is -2.49. The zero-order chi connectivity index (χ0) is 24.1. The van der Waals surface area contributed by atoms with Crippen molar-refractivity contribution in [2.24, 2.45) is 11.8 Å². The first kappa shape index (κ1) is 26.2. The third-order valence-electron chi connectivity index (χ3n) is 6.88. The summed E-state index contributed by atoms with van der Waals surface area (Å²) in [4.78, 5) is 16.7. The molecule has 0 aromatic heterocycles. The number of likely N-dealkylation sites (tertiary alicyclic amines) is 2. The third-order valence-corrected chi connectivity index (χ3v) is 7.47. The van der Waals surface area contributed by atoms with E-state index in [1.165, 1.54) is 0 Å². The number of allylic oxidation sites excluding steroid dienone is 4. The van der Waals surface area contributed by atoms with Crippen molar-refractivity contribution in [3.63, 3.8) is 0 Å². The van der Waals surface area contributed by atoms with E-state index in [2.05, 4.69) is 55.8 Å². The Bertz CT molecular complexity index is 804. The molecule has 0 aromatic carbocycles. The third kappa shape index (κ3) is 8.42. The maximum atomic E-state index is 15.8. The van der Waals surface area contributed by atoms with Crippen LogP contribution < -0.4 is 0 Å². The monoisotopic (exact) mass is 522 g/mol. The van der Waals surface area contributed by atoms with Crippen molar-refractivity contribution >= 4 is 21.9 Å². The van der Waals surface area contributed by atoms with Crippen molar-refractivity contribution < 1.29 is 13.9 Å². The summed E-state index contributed by atoms with van der Waals surface area (Å²) in [7, 11) is 0. The molecule has 0 aromatic rings. The van der Waals surface area contributed by atoms with Gasteiger partial charge in [0.25, 0.3) is 0 Å². The minimum Gasteiger partial charge on any atom is -0.460 e. The van der Waals surface area contributed by atoms with Crippen LogP contribution in [-0.4, -0.2) is 59.8 Å². The molecule has 2 heterocycles. The second-order valence-electron chi connectivity index (χ2n) is 10.9. The number of carbonyl (C=O) groups is 1. The maximum Gasteiger partial charge on any atom is 0.306 e. The van der Waals surface area contributed by atoms with E-state index in [0.29, 0.717) is 18.9 Å². The summed E-state index contributed by atoms with van der Waals surface area (Å²) in [5.74, 6) is 0.302. The molecule has 4 nitrogen and oxygen atoms in total. The first-order valence-electron chi connectivity index (χ1n) is 12.4. The molecule has 0 amide bonds. The molecule has 0 spiro atoms. The molecule has 0 saturated carbocycles. The summed E-state index contributed by atoms with van der Waals surface area (Å²) < 4.78 is 22.3. The first-order valence-corrected chi connectivity index (χ1v) is 13.2. The van der Waals surface area contributed by atoms with Crippen LogP contribution in [0, 0.1) is 11.8 Å². The number of hydrogen-bond donors (Lipinski definition) is 0. The normalized spacial score (nSPS) is 25.9. The van der Waals surface area contributed by atoms with Crippen LogP contribution in [0.25, 0.3) is 0 Å². The number of ether oxygens (including phenoxy) is 1. The van der Waals surface area contributed by atoms with Crippen molar-refractivity contribution in [2.45, 2.75) is 77.5 Å². The predicted octanol–water partition coefficient (Wildman–Crippen LogP) is 6.15. The Balaban J connectivity index is 1.44. The highest BCUT2D eigenvalue weighted by atomic mass is 79.9. The molecule has 2 saturated heterocycles. The van der Waals surface area contributed by atoms with Crippen LogP contribution in [0.5, 0.6) is 0 Å². The summed E-state index contributed by atoms with van der Waals surface area (Å²) >= 11 is 3.55. The molecule has 0 bridgehead atoms. The van der Waals surface area contributed by atoms with Crippen LogP contribution in [0.2, 0.25) is 0 Å². The molecule has 1 atom stereocenters. The average Bonchev–Trinajstić information content (AvgIpc) is 2.71. The highest BCUT2D eigenvalue weighted by molar-refractivity contribution is 9.11. The van der Waals surface area contributed by atoms with Crippen LogP contribution in [-0.2, 0) is 9.53 Å². The van der Waals surface area contributed by atoms with Crippen molar-refractivity contribution in [1.29, 1.82) is 0 Å². The number of esters is 1. The van der Waals surface area contributed by atoms with Gasteiger partial charge in [-0.05, 0) is 103 Å². The van der Waals surface area contributed by atoms with Gasteiger partial charge in [-0.15, -0.1) is 0 Å². The van der Waals surface area contributed by atoms with Gasteiger partial charge in [0, 0.05) is 30.5 Å². The van der Waals surface area contributed by atoms with Gasteiger partial charge >= 0.3 is 5.97 Å². The maximum absolute atomic E-state index is 15.8. The van der Waals surface area contributed by atoms with Gasteiger partial charge < -0.3 is 14.5 Å². The largest absolute Gasteiger partial charge is 0.460 e. The van der Waals surface area contributed by atoms with Gasteiger partial charge in [0.05, 0.1) is 5.70 Å². The van der Waals surface area contributed by atoms with Crippen molar-refractivity contribution in [2.75, 3.05) is 32.7 Å². The Morgan fingerprint density at radius 2 is 1.79 bits per heavy atom. The fourth-order valence-corrected chi connectivity index (χ4v) is 5.38. The van der Waals surface area contributed by atoms with Gasteiger partial charge in [-0.3, -0.25) is 4.79 Å². The Morgan fingerprint density at radius 3 is 2.42 bits per heavy atom. The quantitative estimate of drug-likeness (QED) is 0.309. The van der Waals surface area contributed by atoms with E-state index in [1.54, 1.807) is 6.92 Å². The van der Waals surface area contributed by atoms with E-state index < -0.39 is 11.3 Å². The van der Waals surface area contributed by atoms with Crippen LogP contribution in [0.15, 0.2) is 40.2 Å². The molecule has 2 fully saturated rings. The molecule has 6 heteroatoms. The summed E-state index contributed by atoms with van der Waals surface area (Å²) in [6.07, 6.45) is 13.2. The Kier molecular flexibility index (Phi) is 9.05. The minimum atomic E-state index is -1.20. The first-order chi connectivity index (χ1) is 15.5. The number of hydrogen-bond acceptors (Lipinski definition) is 4. The van der Waals surface area contributed by atoms with Gasteiger partial charge in [0.1, 0.15) is 11.3 Å². The lowest BCUT2D eigenvalue weighted by atomic mass is 9.82. The zero-order valence-corrected chi connectivity index (χ0v) is 22.3. The molecule has 0 radical (unpaired) electrons.